The minimum Gasteiger partial charge on any atom is -0.507 e. The zero-order valence-corrected chi connectivity index (χ0v) is 15.8. The molecule has 1 atom stereocenters. The number of phenolic OH excluding ortho intramolecular Hbond substituents is 1. The maximum absolute atomic E-state index is 12.5. The Balaban J connectivity index is 0.00000288. The average Bonchev–Trinajstić information content (AvgIpc) is 2.54. The quantitative estimate of drug-likeness (QED) is 0.708. The van der Waals surface area contributed by atoms with Gasteiger partial charge in [0.1, 0.15) is 11.5 Å². The summed E-state index contributed by atoms with van der Waals surface area (Å²) in [5.74, 6) is 1.01. The zero-order chi connectivity index (χ0) is 17.2. The molecule has 0 radical (unpaired) electrons. The maximum Gasteiger partial charge on any atom is 0.263 e. The molecule has 0 bridgehead atoms. The van der Waals surface area contributed by atoms with Crippen LogP contribution in [0.3, 0.4) is 0 Å². The van der Waals surface area contributed by atoms with E-state index in [9.17, 15) is 9.90 Å². The van der Waals surface area contributed by atoms with E-state index >= 15 is 0 Å². The highest BCUT2D eigenvalue weighted by Crippen LogP contribution is 2.43. The van der Waals surface area contributed by atoms with Crippen LogP contribution in [-0.2, 0) is 11.2 Å². The first-order valence-electron chi connectivity index (χ1n) is 8.30. The van der Waals surface area contributed by atoms with Gasteiger partial charge in [-0.05, 0) is 70.2 Å². The Kier molecular flexibility index (Phi) is 6.93. The van der Waals surface area contributed by atoms with Gasteiger partial charge in [0.05, 0.1) is 0 Å². The Bertz CT molecular complexity index is 619. The number of fused-ring (bicyclic) bond motifs is 1. The van der Waals surface area contributed by atoms with Crippen molar-refractivity contribution in [2.24, 2.45) is 5.73 Å². The Hall–Kier alpha value is -1.46. The number of rotatable bonds is 5. The average molecular weight is 357 g/mol. The number of benzene rings is 1. The molecule has 0 saturated carbocycles. The molecule has 1 aromatic carbocycles. The highest BCUT2D eigenvalue weighted by molar-refractivity contribution is 5.86. The first kappa shape index (κ1) is 20.6. The molecule has 1 heterocycles. The van der Waals surface area contributed by atoms with E-state index in [4.69, 9.17) is 10.5 Å². The van der Waals surface area contributed by atoms with Gasteiger partial charge >= 0.3 is 0 Å². The van der Waals surface area contributed by atoms with Crippen molar-refractivity contribution in [1.82, 2.24) is 5.32 Å². The van der Waals surface area contributed by atoms with Crippen LogP contribution in [0.1, 0.15) is 48.4 Å². The number of phenols is 1. The van der Waals surface area contributed by atoms with Gasteiger partial charge in [0.15, 0.2) is 5.60 Å². The number of hydrogen-bond acceptors (Lipinski definition) is 4. The summed E-state index contributed by atoms with van der Waals surface area (Å²) >= 11 is 0. The molecule has 2 rings (SSSR count). The summed E-state index contributed by atoms with van der Waals surface area (Å²) in [6, 6.07) is 0. The van der Waals surface area contributed by atoms with Gasteiger partial charge in [-0.25, -0.2) is 0 Å². The molecule has 1 aromatic rings. The van der Waals surface area contributed by atoms with E-state index in [1.807, 2.05) is 27.7 Å². The van der Waals surface area contributed by atoms with Crippen LogP contribution in [0.5, 0.6) is 11.5 Å². The van der Waals surface area contributed by atoms with Gasteiger partial charge < -0.3 is 20.9 Å². The number of halogens is 1. The number of unbranched alkanes of at least 4 members (excludes halogenated alkanes) is 1. The summed E-state index contributed by atoms with van der Waals surface area (Å²) in [7, 11) is 0. The van der Waals surface area contributed by atoms with Crippen LogP contribution in [0.15, 0.2) is 0 Å². The number of carbonyl (C=O) groups is 1. The van der Waals surface area contributed by atoms with Gasteiger partial charge in [-0.3, -0.25) is 4.79 Å². The molecule has 0 aliphatic carbocycles. The van der Waals surface area contributed by atoms with E-state index in [2.05, 4.69) is 5.32 Å². The van der Waals surface area contributed by atoms with Crippen molar-refractivity contribution in [3.8, 4) is 11.5 Å². The fourth-order valence-corrected chi connectivity index (χ4v) is 3.07. The molecule has 1 unspecified atom stereocenters. The minimum atomic E-state index is -0.865. The summed E-state index contributed by atoms with van der Waals surface area (Å²) in [6.07, 6.45) is 3.10. The molecule has 0 aromatic heterocycles. The first-order valence-corrected chi connectivity index (χ1v) is 8.30. The molecule has 6 heteroatoms. The molecule has 0 saturated heterocycles. The molecule has 24 heavy (non-hydrogen) atoms. The molecule has 1 amide bonds. The van der Waals surface area contributed by atoms with Gasteiger partial charge in [0.25, 0.3) is 5.91 Å². The van der Waals surface area contributed by atoms with Gasteiger partial charge in [0, 0.05) is 18.5 Å². The topological polar surface area (TPSA) is 84.6 Å². The molecule has 136 valence electrons. The number of ether oxygens (including phenoxy) is 1. The molecule has 5 nitrogen and oxygen atoms in total. The number of amides is 1. The van der Waals surface area contributed by atoms with Crippen LogP contribution in [0, 0.1) is 20.8 Å². The Morgan fingerprint density at radius 2 is 1.92 bits per heavy atom. The van der Waals surface area contributed by atoms with Crippen molar-refractivity contribution >= 4 is 18.3 Å². The highest BCUT2D eigenvalue weighted by Gasteiger charge is 2.40. The van der Waals surface area contributed by atoms with E-state index in [0.29, 0.717) is 25.3 Å². The maximum atomic E-state index is 12.5. The van der Waals surface area contributed by atoms with Crippen molar-refractivity contribution < 1.29 is 14.6 Å². The fraction of sp³-hybridized carbons (Fsp3) is 0.611. The predicted molar refractivity (Wildman–Crippen MR) is 98.2 cm³/mol. The van der Waals surface area contributed by atoms with Crippen molar-refractivity contribution in [3.05, 3.63) is 22.3 Å². The summed E-state index contributed by atoms with van der Waals surface area (Å²) in [5.41, 5.74) is 8.19. The van der Waals surface area contributed by atoms with Crippen LogP contribution in [0.4, 0.5) is 0 Å². The molecule has 4 N–H and O–H groups in total. The third-order valence-electron chi connectivity index (χ3n) is 4.92. The van der Waals surface area contributed by atoms with Crippen LogP contribution >= 0.6 is 12.4 Å². The highest BCUT2D eigenvalue weighted by atomic mass is 35.5. The number of carbonyl (C=O) groups excluding carboxylic acids is 1. The monoisotopic (exact) mass is 356 g/mol. The third-order valence-corrected chi connectivity index (χ3v) is 4.92. The smallest absolute Gasteiger partial charge is 0.263 e. The van der Waals surface area contributed by atoms with E-state index in [0.717, 1.165) is 47.3 Å². The van der Waals surface area contributed by atoms with Crippen LogP contribution in [0.2, 0.25) is 0 Å². The summed E-state index contributed by atoms with van der Waals surface area (Å²) in [4.78, 5) is 12.5. The third kappa shape index (κ3) is 3.78. The minimum absolute atomic E-state index is 0. The second-order valence-corrected chi connectivity index (χ2v) is 6.62. The summed E-state index contributed by atoms with van der Waals surface area (Å²) in [6.45, 7) is 8.80. The summed E-state index contributed by atoms with van der Waals surface area (Å²) < 4.78 is 6.14. The predicted octanol–water partition coefficient (Wildman–Crippen LogP) is 2.68. The van der Waals surface area contributed by atoms with Gasteiger partial charge in [-0.1, -0.05) is 0 Å². The molecule has 0 spiro atoms. The van der Waals surface area contributed by atoms with E-state index < -0.39 is 5.60 Å². The summed E-state index contributed by atoms with van der Waals surface area (Å²) in [5, 5.41) is 13.2. The van der Waals surface area contributed by atoms with Gasteiger partial charge in [-0.15, -0.1) is 12.4 Å². The van der Waals surface area contributed by atoms with Crippen LogP contribution < -0.4 is 15.8 Å². The number of hydrogen-bond donors (Lipinski definition) is 3. The fourth-order valence-electron chi connectivity index (χ4n) is 3.07. The lowest BCUT2D eigenvalue weighted by atomic mass is 9.86. The van der Waals surface area contributed by atoms with Crippen molar-refractivity contribution in [2.45, 2.75) is 59.0 Å². The van der Waals surface area contributed by atoms with E-state index in [1.54, 1.807) is 0 Å². The van der Waals surface area contributed by atoms with Crippen molar-refractivity contribution in [3.63, 3.8) is 0 Å². The van der Waals surface area contributed by atoms with Crippen molar-refractivity contribution in [2.75, 3.05) is 13.1 Å². The second-order valence-electron chi connectivity index (χ2n) is 6.62. The molecule has 0 fully saturated rings. The Morgan fingerprint density at radius 1 is 1.25 bits per heavy atom. The Labute approximate surface area is 150 Å². The SMILES string of the molecule is Cc1c(C)c2c(c(C)c1O)CCC(C)(C(=O)NCCCCN)O2.Cl. The molecular weight excluding hydrogens is 328 g/mol. The second kappa shape index (κ2) is 8.08. The zero-order valence-electron chi connectivity index (χ0n) is 15.0. The normalized spacial score (nSPS) is 19.0. The largest absolute Gasteiger partial charge is 0.507 e. The number of aromatic hydroxyl groups is 1. The Morgan fingerprint density at radius 3 is 2.54 bits per heavy atom. The van der Waals surface area contributed by atoms with Gasteiger partial charge in [0.2, 0.25) is 0 Å². The lowest BCUT2D eigenvalue weighted by molar-refractivity contribution is -0.136. The van der Waals surface area contributed by atoms with Crippen LogP contribution in [0.25, 0.3) is 0 Å². The molecule has 1 aliphatic heterocycles. The van der Waals surface area contributed by atoms with E-state index in [-0.39, 0.29) is 18.3 Å². The molecule has 1 aliphatic rings. The van der Waals surface area contributed by atoms with Crippen LogP contribution in [-0.4, -0.2) is 29.7 Å². The lowest BCUT2D eigenvalue weighted by Gasteiger charge is -2.36. The number of nitrogens with one attached hydrogen (secondary N) is 1. The van der Waals surface area contributed by atoms with E-state index in [1.165, 1.54) is 0 Å². The van der Waals surface area contributed by atoms with Crippen molar-refractivity contribution in [1.29, 1.82) is 0 Å². The standard InChI is InChI=1S/C18H28N2O3.ClH/c1-11-12(2)16-14(13(3)15(11)21)7-8-18(4,23-16)17(22)20-10-6-5-9-19;/h21H,5-10,19H2,1-4H3,(H,20,22);1H. The molecular formula is C18H29ClN2O3. The lowest BCUT2D eigenvalue weighted by Crippen LogP contribution is -2.51. The first-order chi connectivity index (χ1) is 10.8. The van der Waals surface area contributed by atoms with Gasteiger partial charge in [-0.2, -0.15) is 0 Å². The number of nitrogens with two attached hydrogens (primary N) is 1.